The third-order valence-corrected chi connectivity index (χ3v) is 2.22. The second-order valence-corrected chi connectivity index (χ2v) is 3.15. The predicted molar refractivity (Wildman–Crippen MR) is 56.8 cm³/mol. The Labute approximate surface area is 91.9 Å². The monoisotopic (exact) mass is 221 g/mol. The van der Waals surface area contributed by atoms with Gasteiger partial charge in [-0.2, -0.15) is 0 Å². The predicted octanol–water partition coefficient (Wildman–Crippen LogP) is 2.20. The topological polar surface area (TPSA) is 47.9 Å². The lowest BCUT2D eigenvalue weighted by Crippen LogP contribution is -1.92. The van der Waals surface area contributed by atoms with Crippen molar-refractivity contribution in [3.63, 3.8) is 0 Å². The second-order valence-electron chi connectivity index (χ2n) is 2.79. The van der Waals surface area contributed by atoms with E-state index in [-0.39, 0.29) is 0 Å². The molecule has 0 aliphatic heterocycles. The van der Waals surface area contributed by atoms with E-state index in [1.165, 1.54) is 6.33 Å². The van der Waals surface area contributed by atoms with E-state index >= 15 is 0 Å². The molecule has 0 N–H and O–H groups in total. The maximum Gasteiger partial charge on any atom is 0.221 e. The van der Waals surface area contributed by atoms with E-state index in [0.29, 0.717) is 16.6 Å². The number of halogens is 1. The van der Waals surface area contributed by atoms with Crippen LogP contribution in [0.2, 0.25) is 5.15 Å². The lowest BCUT2D eigenvalue weighted by molar-refractivity contribution is 0.399. The first-order valence-electron chi connectivity index (χ1n) is 4.28. The highest BCUT2D eigenvalue weighted by Gasteiger charge is 2.10. The lowest BCUT2D eigenvalue weighted by atomic mass is 10.1. The van der Waals surface area contributed by atoms with Crippen LogP contribution in [-0.4, -0.2) is 22.1 Å². The number of ether oxygens (including phenoxy) is 1. The van der Waals surface area contributed by atoms with Crippen molar-refractivity contribution in [3.8, 4) is 17.0 Å². The lowest BCUT2D eigenvalue weighted by Gasteiger charge is -2.06. The number of hydrogen-bond acceptors (Lipinski definition) is 4. The molecule has 4 nitrogen and oxygen atoms in total. The van der Waals surface area contributed by atoms with Crippen molar-refractivity contribution >= 4 is 11.6 Å². The molecule has 0 fully saturated rings. The van der Waals surface area contributed by atoms with Gasteiger partial charge in [-0.3, -0.25) is 0 Å². The zero-order valence-corrected chi connectivity index (χ0v) is 8.77. The van der Waals surface area contributed by atoms with Gasteiger partial charge in [0, 0.05) is 23.5 Å². The van der Waals surface area contributed by atoms with Crippen molar-refractivity contribution in [2.45, 2.75) is 0 Å². The summed E-state index contributed by atoms with van der Waals surface area (Å²) in [7, 11) is 1.56. The van der Waals surface area contributed by atoms with E-state index in [1.54, 1.807) is 25.6 Å². The van der Waals surface area contributed by atoms with Gasteiger partial charge < -0.3 is 4.74 Å². The first-order valence-corrected chi connectivity index (χ1v) is 4.65. The third-order valence-electron chi connectivity index (χ3n) is 1.92. The molecule has 15 heavy (non-hydrogen) atoms. The van der Waals surface area contributed by atoms with Crippen molar-refractivity contribution in [2.24, 2.45) is 0 Å². The Balaban J connectivity index is 2.59. The van der Waals surface area contributed by atoms with Gasteiger partial charge in [0.2, 0.25) is 5.88 Å². The van der Waals surface area contributed by atoms with Crippen LogP contribution in [0.5, 0.6) is 5.88 Å². The summed E-state index contributed by atoms with van der Waals surface area (Å²) in [5, 5.41) is 0.385. The Hall–Kier alpha value is -1.68. The molecule has 2 rings (SSSR count). The largest absolute Gasteiger partial charge is 0.481 e. The summed E-state index contributed by atoms with van der Waals surface area (Å²) in [4.78, 5) is 11.9. The van der Waals surface area contributed by atoms with Gasteiger partial charge in [0.15, 0.2) is 0 Å². The molecule has 0 unspecified atom stereocenters. The minimum Gasteiger partial charge on any atom is -0.481 e. The molecule has 2 aromatic rings. The number of aromatic nitrogens is 3. The maximum atomic E-state index is 5.95. The summed E-state index contributed by atoms with van der Waals surface area (Å²) in [5.74, 6) is 0.509. The molecule has 0 aromatic carbocycles. The first kappa shape index (κ1) is 9.86. The van der Waals surface area contributed by atoms with Gasteiger partial charge in [0.1, 0.15) is 11.5 Å². The fourth-order valence-corrected chi connectivity index (χ4v) is 1.45. The number of hydrogen-bond donors (Lipinski definition) is 0. The molecule has 0 bridgehead atoms. The molecule has 0 saturated heterocycles. The smallest absolute Gasteiger partial charge is 0.221 e. The summed E-state index contributed by atoms with van der Waals surface area (Å²) in [6, 6.07) is 3.66. The highest BCUT2D eigenvalue weighted by Crippen LogP contribution is 2.30. The van der Waals surface area contributed by atoms with E-state index in [1.807, 2.05) is 6.07 Å². The maximum absolute atomic E-state index is 5.95. The molecule has 0 aliphatic carbocycles. The molecule has 2 aromatic heterocycles. The van der Waals surface area contributed by atoms with Crippen LogP contribution in [0.25, 0.3) is 11.1 Å². The Morgan fingerprint density at radius 1 is 1.27 bits per heavy atom. The molecular formula is C10H8ClN3O. The van der Waals surface area contributed by atoms with Crippen molar-refractivity contribution in [1.82, 2.24) is 15.0 Å². The van der Waals surface area contributed by atoms with Gasteiger partial charge in [-0.15, -0.1) is 0 Å². The number of nitrogens with zero attached hydrogens (tertiary/aromatic N) is 3. The summed E-state index contributed by atoms with van der Waals surface area (Å²) < 4.78 is 5.13. The fraction of sp³-hybridized carbons (Fsp3) is 0.100. The molecule has 0 saturated carbocycles. The van der Waals surface area contributed by atoms with E-state index in [0.717, 1.165) is 5.56 Å². The van der Waals surface area contributed by atoms with Gasteiger partial charge in [-0.25, -0.2) is 15.0 Å². The first-order chi connectivity index (χ1) is 7.33. The number of rotatable bonds is 2. The molecule has 0 atom stereocenters. The van der Waals surface area contributed by atoms with Crippen molar-refractivity contribution < 1.29 is 4.74 Å². The molecule has 76 valence electrons. The SMILES string of the molecule is COc1ncccc1-c1cncnc1Cl. The van der Waals surface area contributed by atoms with Crippen molar-refractivity contribution in [2.75, 3.05) is 7.11 Å². The normalized spacial score (nSPS) is 10.0. The molecule has 0 spiro atoms. The van der Waals surface area contributed by atoms with Gasteiger partial charge in [-0.05, 0) is 12.1 Å². The van der Waals surface area contributed by atoms with E-state index in [4.69, 9.17) is 16.3 Å². The Morgan fingerprint density at radius 2 is 2.13 bits per heavy atom. The average molecular weight is 222 g/mol. The summed E-state index contributed by atoms with van der Waals surface area (Å²) in [5.41, 5.74) is 1.50. The quantitative estimate of drug-likeness (QED) is 0.730. The van der Waals surface area contributed by atoms with Crippen molar-refractivity contribution in [3.05, 3.63) is 36.0 Å². The molecular weight excluding hydrogens is 214 g/mol. The molecule has 0 radical (unpaired) electrons. The Morgan fingerprint density at radius 3 is 2.87 bits per heavy atom. The summed E-state index contributed by atoms with van der Waals surface area (Å²) in [6.45, 7) is 0. The minimum atomic E-state index is 0.385. The van der Waals surface area contributed by atoms with Crippen LogP contribution in [0, 0.1) is 0 Å². The fourth-order valence-electron chi connectivity index (χ4n) is 1.25. The number of pyridine rings is 1. The molecule has 2 heterocycles. The molecule has 0 amide bonds. The van der Waals surface area contributed by atoms with Crippen LogP contribution in [0.3, 0.4) is 0 Å². The van der Waals surface area contributed by atoms with Crippen LogP contribution < -0.4 is 4.74 Å². The van der Waals surface area contributed by atoms with Crippen LogP contribution in [0.1, 0.15) is 0 Å². The summed E-state index contributed by atoms with van der Waals surface area (Å²) >= 11 is 5.95. The van der Waals surface area contributed by atoms with Gasteiger partial charge >= 0.3 is 0 Å². The van der Waals surface area contributed by atoms with Gasteiger partial charge in [0.05, 0.1) is 7.11 Å². The van der Waals surface area contributed by atoms with E-state index in [9.17, 15) is 0 Å². The minimum absolute atomic E-state index is 0.385. The second kappa shape index (κ2) is 4.23. The van der Waals surface area contributed by atoms with Gasteiger partial charge in [-0.1, -0.05) is 11.6 Å². The zero-order valence-electron chi connectivity index (χ0n) is 8.01. The molecule has 5 heteroatoms. The van der Waals surface area contributed by atoms with Crippen LogP contribution >= 0.6 is 11.6 Å². The molecule has 0 aliphatic rings. The van der Waals surface area contributed by atoms with Crippen LogP contribution in [0.4, 0.5) is 0 Å². The van der Waals surface area contributed by atoms with E-state index < -0.39 is 0 Å². The summed E-state index contributed by atoms with van der Waals surface area (Å²) in [6.07, 6.45) is 4.68. The van der Waals surface area contributed by atoms with Crippen molar-refractivity contribution in [1.29, 1.82) is 0 Å². The zero-order chi connectivity index (χ0) is 10.7. The van der Waals surface area contributed by atoms with Gasteiger partial charge in [0.25, 0.3) is 0 Å². The van der Waals surface area contributed by atoms with Crippen LogP contribution in [0.15, 0.2) is 30.9 Å². The van der Waals surface area contributed by atoms with Crippen LogP contribution in [-0.2, 0) is 0 Å². The Kier molecular flexibility index (Phi) is 2.78. The average Bonchev–Trinajstić information content (AvgIpc) is 2.30. The Bertz CT molecular complexity index is 476. The number of methoxy groups -OCH3 is 1. The highest BCUT2D eigenvalue weighted by atomic mass is 35.5. The van der Waals surface area contributed by atoms with E-state index in [2.05, 4.69) is 15.0 Å². The third kappa shape index (κ3) is 1.89. The highest BCUT2D eigenvalue weighted by molar-refractivity contribution is 6.32. The standard InChI is InChI=1S/C10H8ClN3O/c1-15-10-7(3-2-4-13-10)8-5-12-6-14-9(8)11/h2-6H,1H3.